The van der Waals surface area contributed by atoms with Crippen molar-refractivity contribution >= 4 is 17.5 Å². The summed E-state index contributed by atoms with van der Waals surface area (Å²) in [7, 11) is 1.72. The van der Waals surface area contributed by atoms with Crippen LogP contribution in [0.25, 0.3) is 0 Å². The number of ether oxygens (including phenoxy) is 1. The summed E-state index contributed by atoms with van der Waals surface area (Å²) < 4.78 is 10.8. The number of aromatic nitrogens is 1. The highest BCUT2D eigenvalue weighted by Gasteiger charge is 2.29. The summed E-state index contributed by atoms with van der Waals surface area (Å²) in [6.45, 7) is 0.865. The first-order chi connectivity index (χ1) is 10.6. The van der Waals surface area contributed by atoms with Crippen LogP contribution in [-0.2, 0) is 0 Å². The van der Waals surface area contributed by atoms with Gasteiger partial charge in [0, 0.05) is 24.1 Å². The lowest BCUT2D eigenvalue weighted by Gasteiger charge is -2.16. The molecule has 1 aliphatic rings. The number of rotatable bonds is 6. The zero-order valence-corrected chi connectivity index (χ0v) is 13.0. The number of hydrogen-bond donors (Lipinski definition) is 0. The Morgan fingerprint density at radius 2 is 2.14 bits per heavy atom. The number of amides is 1. The molecule has 22 heavy (non-hydrogen) atoms. The van der Waals surface area contributed by atoms with Gasteiger partial charge in [0.25, 0.3) is 5.91 Å². The Hall–Kier alpha value is -2.01. The van der Waals surface area contributed by atoms with E-state index in [2.05, 4.69) is 5.16 Å². The van der Waals surface area contributed by atoms with E-state index in [-0.39, 0.29) is 5.91 Å². The number of hydrogen-bond acceptors (Lipinski definition) is 4. The third kappa shape index (κ3) is 3.60. The Morgan fingerprint density at radius 1 is 1.41 bits per heavy atom. The SMILES string of the molecule is CN(CCOc1ccc(Cl)cc1)C(=O)c1cc(C2CC2)on1. The number of nitrogens with zero attached hydrogens (tertiary/aromatic N) is 2. The van der Waals surface area contributed by atoms with Crippen LogP contribution in [0.5, 0.6) is 5.75 Å². The van der Waals surface area contributed by atoms with Crippen molar-refractivity contribution in [1.82, 2.24) is 10.1 Å². The minimum atomic E-state index is -0.157. The van der Waals surface area contributed by atoms with Crippen LogP contribution < -0.4 is 4.74 Å². The first-order valence-electron chi connectivity index (χ1n) is 7.24. The Balaban J connectivity index is 1.49. The molecular weight excluding hydrogens is 304 g/mol. The molecule has 2 aromatic rings. The Kier molecular flexibility index (Phi) is 4.34. The summed E-state index contributed by atoms with van der Waals surface area (Å²) in [5.74, 6) is 1.83. The van der Waals surface area contributed by atoms with Crippen molar-refractivity contribution in [2.45, 2.75) is 18.8 Å². The van der Waals surface area contributed by atoms with Crippen molar-refractivity contribution < 1.29 is 14.1 Å². The van der Waals surface area contributed by atoms with Gasteiger partial charge >= 0.3 is 0 Å². The van der Waals surface area contributed by atoms with E-state index in [9.17, 15) is 4.79 Å². The predicted molar refractivity (Wildman–Crippen MR) is 82.4 cm³/mol. The van der Waals surface area contributed by atoms with Gasteiger partial charge in [0.2, 0.25) is 0 Å². The van der Waals surface area contributed by atoms with Crippen LogP contribution in [0.4, 0.5) is 0 Å². The summed E-state index contributed by atoms with van der Waals surface area (Å²) in [6, 6.07) is 8.87. The number of benzene rings is 1. The van der Waals surface area contributed by atoms with Crippen LogP contribution in [0.15, 0.2) is 34.9 Å². The van der Waals surface area contributed by atoms with Gasteiger partial charge in [0.05, 0.1) is 6.54 Å². The molecular formula is C16H17ClN2O3. The predicted octanol–water partition coefficient (Wildman–Crippen LogP) is 3.36. The summed E-state index contributed by atoms with van der Waals surface area (Å²) >= 11 is 5.81. The van der Waals surface area contributed by atoms with Crippen LogP contribution in [0.1, 0.15) is 35.0 Å². The molecule has 3 rings (SSSR count). The molecule has 1 amide bonds. The third-order valence-electron chi connectivity index (χ3n) is 3.58. The maximum Gasteiger partial charge on any atom is 0.275 e. The number of carbonyl (C=O) groups is 1. The molecule has 1 heterocycles. The lowest BCUT2D eigenvalue weighted by Crippen LogP contribution is -2.31. The fourth-order valence-corrected chi connectivity index (χ4v) is 2.20. The van der Waals surface area contributed by atoms with E-state index < -0.39 is 0 Å². The van der Waals surface area contributed by atoms with Crippen LogP contribution >= 0.6 is 11.6 Å². The van der Waals surface area contributed by atoms with Gasteiger partial charge < -0.3 is 14.2 Å². The lowest BCUT2D eigenvalue weighted by atomic mass is 10.2. The molecule has 6 heteroatoms. The van der Waals surface area contributed by atoms with Gasteiger partial charge in [-0.15, -0.1) is 0 Å². The average Bonchev–Trinajstić information content (AvgIpc) is 3.26. The molecule has 1 aromatic carbocycles. The van der Waals surface area contributed by atoms with E-state index >= 15 is 0 Å². The molecule has 0 spiro atoms. The van der Waals surface area contributed by atoms with E-state index in [1.54, 1.807) is 42.3 Å². The highest BCUT2D eigenvalue weighted by molar-refractivity contribution is 6.30. The normalized spacial score (nSPS) is 13.9. The van der Waals surface area contributed by atoms with Crippen molar-refractivity contribution in [3.8, 4) is 5.75 Å². The standard InChI is InChI=1S/C16H17ClN2O3/c1-19(8-9-21-13-6-4-12(17)5-7-13)16(20)14-10-15(22-18-14)11-2-3-11/h4-7,10-11H,2-3,8-9H2,1H3. The molecule has 0 bridgehead atoms. The van der Waals surface area contributed by atoms with Crippen molar-refractivity contribution in [2.24, 2.45) is 0 Å². The molecule has 0 unspecified atom stereocenters. The minimum absolute atomic E-state index is 0.157. The summed E-state index contributed by atoms with van der Waals surface area (Å²) in [6.07, 6.45) is 2.24. The van der Waals surface area contributed by atoms with Gasteiger partial charge in [0.1, 0.15) is 18.1 Å². The maximum absolute atomic E-state index is 12.2. The van der Waals surface area contributed by atoms with Crippen molar-refractivity contribution in [1.29, 1.82) is 0 Å². The Labute approximate surface area is 133 Å². The second-order valence-corrected chi connectivity index (χ2v) is 5.85. The quantitative estimate of drug-likeness (QED) is 0.819. The largest absolute Gasteiger partial charge is 0.492 e. The fraction of sp³-hybridized carbons (Fsp3) is 0.375. The molecule has 0 N–H and O–H groups in total. The van der Waals surface area contributed by atoms with Crippen LogP contribution in [0, 0.1) is 0 Å². The first-order valence-corrected chi connectivity index (χ1v) is 7.62. The number of carbonyl (C=O) groups excluding carboxylic acids is 1. The van der Waals surface area contributed by atoms with Gasteiger partial charge in [-0.2, -0.15) is 0 Å². The highest BCUT2D eigenvalue weighted by Crippen LogP contribution is 2.40. The third-order valence-corrected chi connectivity index (χ3v) is 3.83. The van der Waals surface area contributed by atoms with E-state index in [1.165, 1.54) is 0 Å². The zero-order chi connectivity index (χ0) is 15.5. The molecule has 0 aliphatic heterocycles. The zero-order valence-electron chi connectivity index (χ0n) is 12.3. The van der Waals surface area contributed by atoms with Gasteiger partial charge in [-0.05, 0) is 37.1 Å². The second kappa shape index (κ2) is 6.40. The average molecular weight is 321 g/mol. The molecule has 1 aromatic heterocycles. The van der Waals surface area contributed by atoms with Gasteiger partial charge in [-0.25, -0.2) is 0 Å². The molecule has 1 saturated carbocycles. The highest BCUT2D eigenvalue weighted by atomic mass is 35.5. The Bertz CT molecular complexity index is 650. The molecule has 0 radical (unpaired) electrons. The first kappa shape index (κ1) is 14.9. The number of likely N-dealkylation sites (N-methyl/N-ethyl adjacent to an activating group) is 1. The molecule has 1 fully saturated rings. The lowest BCUT2D eigenvalue weighted by molar-refractivity contribution is 0.0763. The molecule has 0 saturated heterocycles. The number of halogens is 1. The smallest absolute Gasteiger partial charge is 0.275 e. The van der Waals surface area contributed by atoms with Crippen molar-refractivity contribution in [2.75, 3.05) is 20.2 Å². The molecule has 5 nitrogen and oxygen atoms in total. The maximum atomic E-state index is 12.2. The van der Waals surface area contributed by atoms with Crippen LogP contribution in [0.2, 0.25) is 5.02 Å². The fourth-order valence-electron chi connectivity index (χ4n) is 2.08. The van der Waals surface area contributed by atoms with Crippen molar-refractivity contribution in [3.63, 3.8) is 0 Å². The molecule has 116 valence electrons. The van der Waals surface area contributed by atoms with Crippen LogP contribution in [-0.4, -0.2) is 36.2 Å². The van der Waals surface area contributed by atoms with Gasteiger partial charge in [0.15, 0.2) is 5.69 Å². The summed E-state index contributed by atoms with van der Waals surface area (Å²) in [5.41, 5.74) is 0.357. The molecule has 0 atom stereocenters. The monoisotopic (exact) mass is 320 g/mol. The van der Waals surface area contributed by atoms with Gasteiger partial charge in [-0.1, -0.05) is 16.8 Å². The summed E-state index contributed by atoms with van der Waals surface area (Å²) in [5, 5.41) is 4.52. The van der Waals surface area contributed by atoms with E-state index in [1.807, 2.05) is 0 Å². The van der Waals surface area contributed by atoms with Gasteiger partial charge in [-0.3, -0.25) is 4.79 Å². The Morgan fingerprint density at radius 3 is 2.82 bits per heavy atom. The molecule has 1 aliphatic carbocycles. The van der Waals surface area contributed by atoms with Crippen LogP contribution in [0.3, 0.4) is 0 Å². The van der Waals surface area contributed by atoms with E-state index in [4.69, 9.17) is 20.9 Å². The second-order valence-electron chi connectivity index (χ2n) is 5.42. The van der Waals surface area contributed by atoms with Crippen molar-refractivity contribution in [3.05, 3.63) is 46.8 Å². The topological polar surface area (TPSA) is 55.6 Å². The van der Waals surface area contributed by atoms with E-state index in [0.29, 0.717) is 29.8 Å². The van der Waals surface area contributed by atoms with E-state index in [0.717, 1.165) is 24.4 Å². The minimum Gasteiger partial charge on any atom is -0.492 e. The summed E-state index contributed by atoms with van der Waals surface area (Å²) in [4.78, 5) is 13.8.